The van der Waals surface area contributed by atoms with Crippen molar-refractivity contribution in [2.24, 2.45) is 7.05 Å². The van der Waals surface area contributed by atoms with Crippen molar-refractivity contribution in [3.8, 4) is 11.4 Å². The highest BCUT2D eigenvalue weighted by Crippen LogP contribution is 2.26. The molecule has 0 unspecified atom stereocenters. The van der Waals surface area contributed by atoms with E-state index in [9.17, 15) is 8.42 Å². The zero-order valence-electron chi connectivity index (χ0n) is 18.1. The first-order valence-corrected chi connectivity index (χ1v) is 12.4. The van der Waals surface area contributed by atoms with E-state index >= 15 is 0 Å². The molecule has 2 heterocycles. The molecule has 0 aliphatic carbocycles. The van der Waals surface area contributed by atoms with Crippen LogP contribution in [0.3, 0.4) is 0 Å². The molecule has 3 rings (SSSR count). The number of benzene rings is 1. The van der Waals surface area contributed by atoms with Crippen LogP contribution in [0.25, 0.3) is 11.4 Å². The number of rotatable bonds is 6. The molecule has 1 aromatic carbocycles. The molecule has 1 atom stereocenters. The lowest BCUT2D eigenvalue weighted by Gasteiger charge is -2.27. The highest BCUT2D eigenvalue weighted by molar-refractivity contribution is 7.91. The first-order chi connectivity index (χ1) is 13.5. The minimum atomic E-state index is -2.93. The van der Waals surface area contributed by atoms with Gasteiger partial charge in [-0.1, -0.05) is 52.0 Å². The number of sulfone groups is 1. The molecular weight excluding hydrogens is 404 g/mol. The Morgan fingerprint density at radius 3 is 2.41 bits per heavy atom. The van der Waals surface area contributed by atoms with Crippen LogP contribution in [0.15, 0.2) is 24.3 Å². The minimum absolute atomic E-state index is 0.0402. The summed E-state index contributed by atoms with van der Waals surface area (Å²) < 4.78 is 28.3. The second kappa shape index (κ2) is 8.32. The third-order valence-corrected chi connectivity index (χ3v) is 7.84. The van der Waals surface area contributed by atoms with Crippen LogP contribution in [-0.4, -0.2) is 51.8 Å². The quantitative estimate of drug-likeness (QED) is 0.645. The van der Waals surface area contributed by atoms with Crippen molar-refractivity contribution >= 4 is 22.1 Å². The summed E-state index contributed by atoms with van der Waals surface area (Å²) in [6.07, 6.45) is 1.64. The topological polar surface area (TPSA) is 60.1 Å². The molecule has 1 aliphatic rings. The molecule has 160 valence electrons. The van der Waals surface area contributed by atoms with Gasteiger partial charge in [-0.15, -0.1) is 0 Å². The van der Waals surface area contributed by atoms with E-state index in [1.807, 2.05) is 16.3 Å². The van der Waals surface area contributed by atoms with Gasteiger partial charge in [-0.05, 0) is 42.6 Å². The summed E-state index contributed by atoms with van der Waals surface area (Å²) in [4.78, 5) is 2.21. The van der Waals surface area contributed by atoms with E-state index in [2.05, 4.69) is 56.9 Å². The van der Waals surface area contributed by atoms with Gasteiger partial charge < -0.3 is 4.57 Å². The molecule has 0 amide bonds. The van der Waals surface area contributed by atoms with Crippen LogP contribution >= 0.6 is 12.2 Å². The lowest BCUT2D eigenvalue weighted by atomic mass is 9.87. The predicted octanol–water partition coefficient (Wildman–Crippen LogP) is 3.77. The van der Waals surface area contributed by atoms with E-state index in [0.717, 1.165) is 24.4 Å². The van der Waals surface area contributed by atoms with Gasteiger partial charge in [-0.3, -0.25) is 4.90 Å². The van der Waals surface area contributed by atoms with Crippen LogP contribution in [0.5, 0.6) is 0 Å². The van der Waals surface area contributed by atoms with Gasteiger partial charge in [0, 0.05) is 18.7 Å². The Morgan fingerprint density at radius 1 is 1.24 bits per heavy atom. The summed E-state index contributed by atoms with van der Waals surface area (Å²) in [5, 5.41) is 4.79. The molecule has 1 fully saturated rings. The lowest BCUT2D eigenvalue weighted by molar-refractivity contribution is 0.155. The van der Waals surface area contributed by atoms with E-state index in [-0.39, 0.29) is 23.0 Å². The average Bonchev–Trinajstić information content (AvgIpc) is 3.14. The van der Waals surface area contributed by atoms with Crippen molar-refractivity contribution < 1.29 is 8.42 Å². The molecule has 0 spiro atoms. The Kier molecular flexibility index (Phi) is 6.36. The zero-order chi connectivity index (χ0) is 21.4. The second-order valence-electron chi connectivity index (χ2n) is 9.00. The van der Waals surface area contributed by atoms with E-state index in [1.54, 1.807) is 0 Å². The van der Waals surface area contributed by atoms with Gasteiger partial charge in [0.1, 0.15) is 0 Å². The molecule has 1 aliphatic heterocycles. The Bertz CT molecular complexity index is 1010. The maximum atomic E-state index is 11.9. The molecule has 0 radical (unpaired) electrons. The van der Waals surface area contributed by atoms with E-state index in [4.69, 9.17) is 17.3 Å². The predicted molar refractivity (Wildman–Crippen MR) is 120 cm³/mol. The summed E-state index contributed by atoms with van der Waals surface area (Å²) in [6.45, 7) is 10.0. The first-order valence-electron chi connectivity index (χ1n) is 10.2. The number of hydrogen-bond donors (Lipinski definition) is 0. The lowest BCUT2D eigenvalue weighted by Crippen LogP contribution is -2.38. The summed E-state index contributed by atoms with van der Waals surface area (Å²) >= 11 is 5.64. The molecule has 0 saturated carbocycles. The standard InChI is InChI=1S/C21H32N4O2S2/c1-6-12-24(18-11-13-29(26,27)14-18)15-25-20(28)23(5)19(22-25)16-7-9-17(10-8-16)21(2,3)4/h7-10,18H,6,11-15H2,1-5H3/t18-/m0/s1. The molecule has 0 N–H and O–H groups in total. The first kappa shape index (κ1) is 22.2. The summed E-state index contributed by atoms with van der Waals surface area (Å²) in [7, 11) is -0.992. The van der Waals surface area contributed by atoms with Crippen molar-refractivity contribution in [2.45, 2.75) is 58.7 Å². The normalized spacial score (nSPS) is 19.2. The average molecular weight is 437 g/mol. The largest absolute Gasteiger partial charge is 0.303 e. The molecule has 0 bridgehead atoms. The Labute approximate surface area is 179 Å². The van der Waals surface area contributed by atoms with Crippen molar-refractivity contribution in [1.82, 2.24) is 19.2 Å². The van der Waals surface area contributed by atoms with Crippen molar-refractivity contribution in [1.29, 1.82) is 0 Å². The van der Waals surface area contributed by atoms with Crippen LogP contribution in [0.1, 0.15) is 46.1 Å². The zero-order valence-corrected chi connectivity index (χ0v) is 19.7. The van der Waals surface area contributed by atoms with Crippen LogP contribution < -0.4 is 0 Å². The van der Waals surface area contributed by atoms with E-state index in [1.165, 1.54) is 5.56 Å². The van der Waals surface area contributed by atoms with Gasteiger partial charge >= 0.3 is 0 Å². The number of aromatic nitrogens is 3. The maximum absolute atomic E-state index is 11.9. The van der Waals surface area contributed by atoms with Gasteiger partial charge in [0.15, 0.2) is 20.4 Å². The molecule has 29 heavy (non-hydrogen) atoms. The Morgan fingerprint density at radius 2 is 1.90 bits per heavy atom. The molecule has 1 saturated heterocycles. The molecule has 8 heteroatoms. The van der Waals surface area contributed by atoms with E-state index in [0.29, 0.717) is 17.9 Å². The SMILES string of the molecule is CCCN(Cn1nc(-c2ccc(C(C)(C)C)cc2)n(C)c1=S)[C@H]1CCS(=O)(=O)C1. The molecular formula is C21H32N4O2S2. The molecule has 1 aromatic heterocycles. The maximum Gasteiger partial charge on any atom is 0.199 e. The fourth-order valence-electron chi connectivity index (χ4n) is 3.84. The van der Waals surface area contributed by atoms with Gasteiger partial charge in [0.05, 0.1) is 18.2 Å². The Hall–Kier alpha value is -1.51. The third-order valence-electron chi connectivity index (χ3n) is 5.60. The van der Waals surface area contributed by atoms with E-state index < -0.39 is 9.84 Å². The third kappa shape index (κ3) is 4.98. The van der Waals surface area contributed by atoms with Crippen molar-refractivity contribution in [3.05, 3.63) is 34.6 Å². The number of hydrogen-bond acceptors (Lipinski definition) is 5. The second-order valence-corrected chi connectivity index (χ2v) is 11.6. The fraction of sp³-hybridized carbons (Fsp3) is 0.619. The van der Waals surface area contributed by atoms with Crippen LogP contribution in [0.4, 0.5) is 0 Å². The number of nitrogens with zero attached hydrogens (tertiary/aromatic N) is 4. The fourth-order valence-corrected chi connectivity index (χ4v) is 5.79. The summed E-state index contributed by atoms with van der Waals surface area (Å²) in [5.74, 6) is 1.33. The van der Waals surface area contributed by atoms with Crippen LogP contribution in [0.2, 0.25) is 0 Å². The molecule has 2 aromatic rings. The van der Waals surface area contributed by atoms with Gasteiger partial charge in [-0.2, -0.15) is 5.10 Å². The minimum Gasteiger partial charge on any atom is -0.303 e. The van der Waals surface area contributed by atoms with Gasteiger partial charge in [-0.25, -0.2) is 13.1 Å². The highest BCUT2D eigenvalue weighted by Gasteiger charge is 2.32. The van der Waals surface area contributed by atoms with Crippen LogP contribution in [-0.2, 0) is 29.0 Å². The Balaban J connectivity index is 1.87. The highest BCUT2D eigenvalue weighted by atomic mass is 32.2. The molecule has 6 nitrogen and oxygen atoms in total. The van der Waals surface area contributed by atoms with Gasteiger partial charge in [0.2, 0.25) is 0 Å². The van der Waals surface area contributed by atoms with Crippen LogP contribution in [0, 0.1) is 4.77 Å². The summed E-state index contributed by atoms with van der Waals surface area (Å²) in [5.41, 5.74) is 2.40. The smallest absolute Gasteiger partial charge is 0.199 e. The van der Waals surface area contributed by atoms with Crippen molar-refractivity contribution in [2.75, 3.05) is 18.1 Å². The monoisotopic (exact) mass is 436 g/mol. The van der Waals surface area contributed by atoms with Crippen molar-refractivity contribution in [3.63, 3.8) is 0 Å². The summed E-state index contributed by atoms with van der Waals surface area (Å²) in [6, 6.07) is 8.51. The van der Waals surface area contributed by atoms with Gasteiger partial charge in [0.25, 0.3) is 0 Å².